The number of carbonyl (C=O) groups is 1. The maximum absolute atomic E-state index is 12.3. The number of Topliss-reactive ketones (excluding diaryl/α,β-unsaturated/α-hetero) is 1. The summed E-state index contributed by atoms with van der Waals surface area (Å²) in [7, 11) is 4.76. The molecule has 4 nitrogen and oxygen atoms in total. The van der Waals surface area contributed by atoms with Crippen molar-refractivity contribution in [1.82, 2.24) is 0 Å². The Hall–Kier alpha value is -1.55. The average Bonchev–Trinajstić information content (AvgIpc) is 2.43. The van der Waals surface area contributed by atoms with Crippen LogP contribution in [0.25, 0.3) is 0 Å². The molecule has 1 rings (SSSR count). The number of hydrogen-bond acceptors (Lipinski definition) is 4. The van der Waals surface area contributed by atoms with Gasteiger partial charge in [0, 0.05) is 25.7 Å². The van der Waals surface area contributed by atoms with E-state index in [1.54, 1.807) is 39.5 Å². The molecule has 100 valence electrons. The molecule has 1 aromatic carbocycles. The predicted octanol–water partition coefficient (Wildman–Crippen LogP) is 2.56. The second-order valence-corrected chi connectivity index (χ2v) is 4.11. The van der Waals surface area contributed by atoms with Crippen molar-refractivity contribution in [2.24, 2.45) is 5.92 Å². The van der Waals surface area contributed by atoms with Gasteiger partial charge in [0.2, 0.25) is 0 Å². The van der Waals surface area contributed by atoms with Crippen LogP contribution in [0.2, 0.25) is 0 Å². The predicted molar refractivity (Wildman–Crippen MR) is 69.5 cm³/mol. The molecule has 1 unspecified atom stereocenters. The second kappa shape index (κ2) is 7.01. The zero-order valence-corrected chi connectivity index (χ0v) is 11.4. The zero-order valence-electron chi connectivity index (χ0n) is 11.4. The summed E-state index contributed by atoms with van der Waals surface area (Å²) < 4.78 is 15.3. The van der Waals surface area contributed by atoms with Crippen LogP contribution < -0.4 is 9.47 Å². The second-order valence-electron chi connectivity index (χ2n) is 4.11. The fourth-order valence-electron chi connectivity index (χ4n) is 1.69. The quantitative estimate of drug-likeness (QED) is 0.700. The Morgan fingerprint density at radius 3 is 2.50 bits per heavy atom. The van der Waals surface area contributed by atoms with Gasteiger partial charge in [0.15, 0.2) is 5.78 Å². The fourth-order valence-corrected chi connectivity index (χ4v) is 1.69. The normalized spacial score (nSPS) is 12.0. The minimum absolute atomic E-state index is 0.0616. The molecule has 0 aromatic heterocycles. The molecular weight excluding hydrogens is 232 g/mol. The van der Waals surface area contributed by atoms with Crippen molar-refractivity contribution in [3.8, 4) is 11.5 Å². The van der Waals surface area contributed by atoms with E-state index < -0.39 is 0 Å². The van der Waals surface area contributed by atoms with E-state index in [2.05, 4.69) is 0 Å². The van der Waals surface area contributed by atoms with Crippen LogP contribution in [0.1, 0.15) is 23.7 Å². The van der Waals surface area contributed by atoms with E-state index in [0.717, 1.165) is 0 Å². The highest BCUT2D eigenvalue weighted by Gasteiger charge is 2.19. The van der Waals surface area contributed by atoms with Crippen LogP contribution >= 0.6 is 0 Å². The highest BCUT2D eigenvalue weighted by atomic mass is 16.5. The lowest BCUT2D eigenvalue weighted by molar-refractivity contribution is 0.0890. The maximum Gasteiger partial charge on any atom is 0.169 e. The smallest absolute Gasteiger partial charge is 0.169 e. The van der Waals surface area contributed by atoms with Crippen molar-refractivity contribution in [1.29, 1.82) is 0 Å². The molecule has 1 aromatic rings. The van der Waals surface area contributed by atoms with Gasteiger partial charge in [-0.1, -0.05) is 6.92 Å². The van der Waals surface area contributed by atoms with Gasteiger partial charge < -0.3 is 14.2 Å². The number of ketones is 1. The molecule has 0 aliphatic carbocycles. The number of benzene rings is 1. The molecule has 0 aliphatic heterocycles. The molecule has 0 heterocycles. The first-order valence-electron chi connectivity index (χ1n) is 5.89. The van der Waals surface area contributed by atoms with Gasteiger partial charge in [-0.25, -0.2) is 0 Å². The SMILES string of the molecule is COCCC(C)C(=O)c1ccc(OC)cc1OC. The summed E-state index contributed by atoms with van der Waals surface area (Å²) in [5, 5.41) is 0. The zero-order chi connectivity index (χ0) is 13.5. The minimum Gasteiger partial charge on any atom is -0.497 e. The highest BCUT2D eigenvalue weighted by Crippen LogP contribution is 2.27. The van der Waals surface area contributed by atoms with Gasteiger partial charge in [-0.15, -0.1) is 0 Å². The van der Waals surface area contributed by atoms with Gasteiger partial charge in [0.05, 0.1) is 19.8 Å². The summed E-state index contributed by atoms with van der Waals surface area (Å²) >= 11 is 0. The van der Waals surface area contributed by atoms with Crippen LogP contribution in [0.5, 0.6) is 11.5 Å². The monoisotopic (exact) mass is 252 g/mol. The summed E-state index contributed by atoms with van der Waals surface area (Å²) in [5.74, 6) is 1.19. The Kier molecular flexibility index (Phi) is 5.65. The van der Waals surface area contributed by atoms with Crippen molar-refractivity contribution >= 4 is 5.78 Å². The summed E-state index contributed by atoms with van der Waals surface area (Å²) in [6.45, 7) is 2.47. The lowest BCUT2D eigenvalue weighted by Gasteiger charge is -2.13. The van der Waals surface area contributed by atoms with E-state index in [9.17, 15) is 4.79 Å². The van der Waals surface area contributed by atoms with Gasteiger partial charge in [0.25, 0.3) is 0 Å². The van der Waals surface area contributed by atoms with Gasteiger partial charge in [-0.2, -0.15) is 0 Å². The van der Waals surface area contributed by atoms with E-state index in [0.29, 0.717) is 30.1 Å². The van der Waals surface area contributed by atoms with Crippen LogP contribution in [0, 0.1) is 5.92 Å². The van der Waals surface area contributed by atoms with E-state index in [1.165, 1.54) is 0 Å². The number of ether oxygens (including phenoxy) is 3. The maximum atomic E-state index is 12.3. The number of rotatable bonds is 7. The molecule has 18 heavy (non-hydrogen) atoms. The van der Waals surface area contributed by atoms with E-state index in [-0.39, 0.29) is 11.7 Å². The van der Waals surface area contributed by atoms with E-state index in [1.807, 2.05) is 6.92 Å². The third-order valence-corrected chi connectivity index (χ3v) is 2.88. The Morgan fingerprint density at radius 1 is 1.22 bits per heavy atom. The van der Waals surface area contributed by atoms with Gasteiger partial charge in [0.1, 0.15) is 11.5 Å². The van der Waals surface area contributed by atoms with Gasteiger partial charge in [-0.05, 0) is 18.6 Å². The molecule has 0 saturated carbocycles. The minimum atomic E-state index is -0.0905. The summed E-state index contributed by atoms with van der Waals surface area (Å²) in [6.07, 6.45) is 0.699. The number of carbonyl (C=O) groups excluding carboxylic acids is 1. The van der Waals surface area contributed by atoms with Crippen molar-refractivity contribution in [3.05, 3.63) is 23.8 Å². The molecule has 4 heteroatoms. The highest BCUT2D eigenvalue weighted by molar-refractivity contribution is 6.00. The molecule has 0 N–H and O–H groups in total. The van der Waals surface area contributed by atoms with Crippen LogP contribution in [-0.4, -0.2) is 33.7 Å². The third-order valence-electron chi connectivity index (χ3n) is 2.88. The third kappa shape index (κ3) is 3.47. The van der Waals surface area contributed by atoms with E-state index >= 15 is 0 Å². The molecular formula is C14H20O4. The van der Waals surface area contributed by atoms with Crippen LogP contribution in [0.3, 0.4) is 0 Å². The van der Waals surface area contributed by atoms with Crippen molar-refractivity contribution < 1.29 is 19.0 Å². The molecule has 0 bridgehead atoms. The van der Waals surface area contributed by atoms with Crippen LogP contribution in [0.4, 0.5) is 0 Å². The van der Waals surface area contributed by atoms with Crippen molar-refractivity contribution in [3.63, 3.8) is 0 Å². The van der Waals surface area contributed by atoms with Crippen molar-refractivity contribution in [2.75, 3.05) is 27.9 Å². The van der Waals surface area contributed by atoms with Crippen LogP contribution in [-0.2, 0) is 4.74 Å². The molecule has 0 saturated heterocycles. The van der Waals surface area contributed by atoms with E-state index in [4.69, 9.17) is 14.2 Å². The lowest BCUT2D eigenvalue weighted by atomic mass is 9.96. The molecule has 0 amide bonds. The van der Waals surface area contributed by atoms with Gasteiger partial charge >= 0.3 is 0 Å². The molecule has 0 aliphatic rings. The number of methoxy groups -OCH3 is 3. The summed E-state index contributed by atoms with van der Waals surface area (Å²) in [4.78, 5) is 12.3. The molecule has 0 spiro atoms. The van der Waals surface area contributed by atoms with Crippen molar-refractivity contribution in [2.45, 2.75) is 13.3 Å². The lowest BCUT2D eigenvalue weighted by Crippen LogP contribution is -2.14. The molecule has 0 fully saturated rings. The molecule has 0 radical (unpaired) electrons. The Morgan fingerprint density at radius 2 is 1.94 bits per heavy atom. The first-order valence-corrected chi connectivity index (χ1v) is 5.89. The number of hydrogen-bond donors (Lipinski definition) is 0. The topological polar surface area (TPSA) is 44.8 Å². The first-order chi connectivity index (χ1) is 8.63. The van der Waals surface area contributed by atoms with Crippen LogP contribution in [0.15, 0.2) is 18.2 Å². The fraction of sp³-hybridized carbons (Fsp3) is 0.500. The molecule has 1 atom stereocenters. The Labute approximate surface area is 108 Å². The standard InChI is InChI=1S/C14H20O4/c1-10(7-8-16-2)14(15)12-6-5-11(17-3)9-13(12)18-4/h5-6,9-10H,7-8H2,1-4H3. The largest absolute Gasteiger partial charge is 0.497 e. The first kappa shape index (κ1) is 14.5. The summed E-state index contributed by atoms with van der Waals surface area (Å²) in [5.41, 5.74) is 0.585. The Bertz CT molecular complexity index is 401. The average molecular weight is 252 g/mol. The Balaban J connectivity index is 2.90. The summed E-state index contributed by atoms with van der Waals surface area (Å²) in [6, 6.07) is 5.22. The van der Waals surface area contributed by atoms with Gasteiger partial charge in [-0.3, -0.25) is 4.79 Å².